The molecule has 0 saturated carbocycles. The lowest BCUT2D eigenvalue weighted by Crippen LogP contribution is -2.34. The van der Waals surface area contributed by atoms with Crippen molar-refractivity contribution in [1.29, 1.82) is 0 Å². The van der Waals surface area contributed by atoms with Crippen LogP contribution in [0.3, 0.4) is 0 Å². The van der Waals surface area contributed by atoms with Crippen LogP contribution in [0.1, 0.15) is 29.5 Å². The second-order valence-electron chi connectivity index (χ2n) is 7.02. The van der Waals surface area contributed by atoms with Crippen LogP contribution in [0.15, 0.2) is 54.6 Å². The molecule has 1 atom stereocenters. The van der Waals surface area contributed by atoms with Gasteiger partial charge in [-0.25, -0.2) is 0 Å². The van der Waals surface area contributed by atoms with Gasteiger partial charge in [-0.2, -0.15) is 0 Å². The van der Waals surface area contributed by atoms with E-state index in [-0.39, 0.29) is 0 Å². The predicted octanol–water partition coefficient (Wildman–Crippen LogP) is 3.63. The lowest BCUT2D eigenvalue weighted by Gasteiger charge is -2.19. The van der Waals surface area contributed by atoms with Gasteiger partial charge >= 0.3 is 0 Å². The summed E-state index contributed by atoms with van der Waals surface area (Å²) in [7, 11) is 1.77. The van der Waals surface area contributed by atoms with Gasteiger partial charge in [0.25, 0.3) is 0 Å². The SMILES string of the molecule is COC[C@@H](Cc1ccccc1)NCc1ccc(CN2CCCC2)cc1. The fourth-order valence-electron chi connectivity index (χ4n) is 3.51. The summed E-state index contributed by atoms with van der Waals surface area (Å²) >= 11 is 0. The van der Waals surface area contributed by atoms with E-state index in [1.54, 1.807) is 7.11 Å². The second kappa shape index (κ2) is 9.71. The Morgan fingerprint density at radius 1 is 0.920 bits per heavy atom. The van der Waals surface area contributed by atoms with E-state index in [1.807, 2.05) is 0 Å². The van der Waals surface area contributed by atoms with Gasteiger partial charge in [0.1, 0.15) is 0 Å². The van der Waals surface area contributed by atoms with Crippen LogP contribution in [0.2, 0.25) is 0 Å². The van der Waals surface area contributed by atoms with E-state index in [2.05, 4.69) is 64.8 Å². The van der Waals surface area contributed by atoms with Gasteiger partial charge in [-0.15, -0.1) is 0 Å². The van der Waals surface area contributed by atoms with Crippen LogP contribution in [0, 0.1) is 0 Å². The van der Waals surface area contributed by atoms with Crippen LogP contribution in [0.25, 0.3) is 0 Å². The van der Waals surface area contributed by atoms with Crippen molar-refractivity contribution in [2.45, 2.75) is 38.4 Å². The monoisotopic (exact) mass is 338 g/mol. The van der Waals surface area contributed by atoms with Crippen molar-refractivity contribution in [3.05, 3.63) is 71.3 Å². The molecular formula is C22H30N2O. The number of benzene rings is 2. The van der Waals surface area contributed by atoms with Gasteiger partial charge in [0, 0.05) is 26.2 Å². The zero-order valence-electron chi connectivity index (χ0n) is 15.3. The zero-order chi connectivity index (χ0) is 17.3. The van der Waals surface area contributed by atoms with Crippen LogP contribution < -0.4 is 5.32 Å². The topological polar surface area (TPSA) is 24.5 Å². The average Bonchev–Trinajstić information content (AvgIpc) is 3.15. The van der Waals surface area contributed by atoms with Crippen LogP contribution in [0.4, 0.5) is 0 Å². The fraction of sp³-hybridized carbons (Fsp3) is 0.455. The first-order valence-electron chi connectivity index (χ1n) is 9.40. The number of nitrogens with one attached hydrogen (secondary N) is 1. The highest BCUT2D eigenvalue weighted by Crippen LogP contribution is 2.13. The summed E-state index contributed by atoms with van der Waals surface area (Å²) in [5.41, 5.74) is 4.10. The molecule has 3 heteroatoms. The molecule has 1 fully saturated rings. The van der Waals surface area contributed by atoms with Crippen molar-refractivity contribution in [3.63, 3.8) is 0 Å². The molecule has 0 spiro atoms. The zero-order valence-corrected chi connectivity index (χ0v) is 15.3. The summed E-state index contributed by atoms with van der Waals surface area (Å²) < 4.78 is 5.39. The number of rotatable bonds is 9. The third kappa shape index (κ3) is 5.96. The van der Waals surface area contributed by atoms with Gasteiger partial charge in [0.05, 0.1) is 6.61 Å². The Bertz CT molecular complexity index is 606. The summed E-state index contributed by atoms with van der Waals surface area (Å²) in [5.74, 6) is 0. The van der Waals surface area contributed by atoms with Gasteiger partial charge in [-0.1, -0.05) is 54.6 Å². The third-order valence-corrected chi connectivity index (χ3v) is 4.92. The molecule has 2 aromatic carbocycles. The maximum absolute atomic E-state index is 5.39. The summed E-state index contributed by atoms with van der Waals surface area (Å²) in [6.45, 7) is 5.20. The summed E-state index contributed by atoms with van der Waals surface area (Å²) in [5, 5.41) is 3.64. The van der Waals surface area contributed by atoms with E-state index in [1.165, 1.54) is 42.6 Å². The summed E-state index contributed by atoms with van der Waals surface area (Å²) in [6.07, 6.45) is 3.69. The molecule has 25 heavy (non-hydrogen) atoms. The highest BCUT2D eigenvalue weighted by molar-refractivity contribution is 5.23. The minimum absolute atomic E-state index is 0.330. The fourth-order valence-corrected chi connectivity index (χ4v) is 3.51. The molecule has 1 aliphatic heterocycles. The first kappa shape index (κ1) is 18.1. The first-order chi connectivity index (χ1) is 12.3. The molecule has 0 aliphatic carbocycles. The highest BCUT2D eigenvalue weighted by Gasteiger charge is 2.12. The molecule has 0 bridgehead atoms. The van der Waals surface area contributed by atoms with Gasteiger partial charge in [0.15, 0.2) is 0 Å². The Kier molecular flexibility index (Phi) is 7.04. The minimum atomic E-state index is 0.330. The highest BCUT2D eigenvalue weighted by atomic mass is 16.5. The Morgan fingerprint density at radius 2 is 1.60 bits per heavy atom. The van der Waals surface area contributed by atoms with Crippen molar-refractivity contribution in [1.82, 2.24) is 10.2 Å². The van der Waals surface area contributed by atoms with Gasteiger partial charge < -0.3 is 10.1 Å². The largest absolute Gasteiger partial charge is 0.383 e. The number of likely N-dealkylation sites (tertiary alicyclic amines) is 1. The lowest BCUT2D eigenvalue weighted by atomic mass is 10.1. The van der Waals surface area contributed by atoms with Gasteiger partial charge in [-0.05, 0) is 49.0 Å². The molecule has 3 rings (SSSR count). The molecule has 2 aromatic rings. The number of methoxy groups -OCH3 is 1. The van der Waals surface area contributed by atoms with E-state index < -0.39 is 0 Å². The Balaban J connectivity index is 1.49. The predicted molar refractivity (Wildman–Crippen MR) is 104 cm³/mol. The van der Waals surface area contributed by atoms with Crippen molar-refractivity contribution in [2.24, 2.45) is 0 Å². The summed E-state index contributed by atoms with van der Waals surface area (Å²) in [6, 6.07) is 20.0. The van der Waals surface area contributed by atoms with E-state index >= 15 is 0 Å². The molecule has 1 heterocycles. The van der Waals surface area contributed by atoms with E-state index in [0.717, 1.165) is 26.1 Å². The van der Waals surface area contributed by atoms with Crippen LogP contribution >= 0.6 is 0 Å². The van der Waals surface area contributed by atoms with Crippen molar-refractivity contribution in [3.8, 4) is 0 Å². The van der Waals surface area contributed by atoms with E-state index in [4.69, 9.17) is 4.74 Å². The van der Waals surface area contributed by atoms with Crippen molar-refractivity contribution >= 4 is 0 Å². The Labute approximate surface area is 152 Å². The molecule has 0 amide bonds. The van der Waals surface area contributed by atoms with Crippen LogP contribution in [-0.4, -0.2) is 37.7 Å². The normalized spacial score (nSPS) is 16.2. The number of nitrogens with zero attached hydrogens (tertiary/aromatic N) is 1. The summed E-state index contributed by atoms with van der Waals surface area (Å²) in [4.78, 5) is 2.54. The van der Waals surface area contributed by atoms with Crippen molar-refractivity contribution in [2.75, 3.05) is 26.8 Å². The number of ether oxygens (including phenoxy) is 1. The van der Waals surface area contributed by atoms with Crippen LogP contribution in [0.5, 0.6) is 0 Å². The molecule has 3 nitrogen and oxygen atoms in total. The average molecular weight is 338 g/mol. The number of hydrogen-bond donors (Lipinski definition) is 1. The smallest absolute Gasteiger partial charge is 0.0619 e. The Morgan fingerprint density at radius 3 is 2.28 bits per heavy atom. The lowest BCUT2D eigenvalue weighted by molar-refractivity contribution is 0.165. The standard InChI is InChI=1S/C22H30N2O/c1-25-18-22(15-19-7-3-2-4-8-19)23-16-20-9-11-21(12-10-20)17-24-13-5-6-14-24/h2-4,7-12,22-23H,5-6,13-18H2,1H3/t22-/m1/s1. The molecule has 1 aliphatic rings. The Hall–Kier alpha value is -1.68. The van der Waals surface area contributed by atoms with Gasteiger partial charge in [0.2, 0.25) is 0 Å². The van der Waals surface area contributed by atoms with E-state index in [9.17, 15) is 0 Å². The molecule has 0 radical (unpaired) electrons. The maximum atomic E-state index is 5.39. The molecule has 134 valence electrons. The maximum Gasteiger partial charge on any atom is 0.0619 e. The first-order valence-corrected chi connectivity index (χ1v) is 9.40. The van der Waals surface area contributed by atoms with E-state index in [0.29, 0.717) is 6.04 Å². The van der Waals surface area contributed by atoms with Gasteiger partial charge in [-0.3, -0.25) is 4.90 Å². The second-order valence-corrected chi connectivity index (χ2v) is 7.02. The molecule has 1 saturated heterocycles. The van der Waals surface area contributed by atoms with Crippen molar-refractivity contribution < 1.29 is 4.74 Å². The quantitative estimate of drug-likeness (QED) is 0.756. The molecule has 0 unspecified atom stereocenters. The number of hydrogen-bond acceptors (Lipinski definition) is 3. The molecule has 1 N–H and O–H groups in total. The third-order valence-electron chi connectivity index (χ3n) is 4.92. The minimum Gasteiger partial charge on any atom is -0.383 e. The molecule has 0 aromatic heterocycles. The molecular weight excluding hydrogens is 308 g/mol. The van der Waals surface area contributed by atoms with Crippen LogP contribution in [-0.2, 0) is 24.2 Å².